The number of aromatic nitrogens is 1. The number of fused-ring (bicyclic) bond motifs is 1. The second kappa shape index (κ2) is 8.96. The van der Waals surface area contributed by atoms with Crippen LogP contribution >= 0.6 is 0 Å². The molecule has 0 unspecified atom stereocenters. The largest absolute Gasteiger partial charge is 0.497 e. The predicted octanol–water partition coefficient (Wildman–Crippen LogP) is 3.03. The third kappa shape index (κ3) is 5.01. The average molecular weight is 332 g/mol. The summed E-state index contributed by atoms with van der Waals surface area (Å²) < 4.78 is 9.77. The number of esters is 1. The standard InChI is InChI=1S/C18H24N2O4/c1-23-14-9-8-13-11-16(20-15(13)12-14)18(22)19-10-6-4-3-5-7-17(21)24-2/h8-9,11-12,20H,3-7,10H2,1-2H3,(H,19,22). The fourth-order valence-electron chi connectivity index (χ4n) is 2.50. The van der Waals surface area contributed by atoms with Crippen molar-refractivity contribution in [3.05, 3.63) is 30.0 Å². The quantitative estimate of drug-likeness (QED) is 0.546. The molecular weight excluding hydrogens is 308 g/mol. The lowest BCUT2D eigenvalue weighted by atomic mass is 10.1. The third-order valence-corrected chi connectivity index (χ3v) is 3.90. The van der Waals surface area contributed by atoms with Gasteiger partial charge in [-0.3, -0.25) is 9.59 Å². The first-order valence-electron chi connectivity index (χ1n) is 8.16. The highest BCUT2D eigenvalue weighted by atomic mass is 16.5. The molecule has 1 aromatic heterocycles. The highest BCUT2D eigenvalue weighted by Gasteiger charge is 2.09. The van der Waals surface area contributed by atoms with Crippen molar-refractivity contribution >= 4 is 22.8 Å². The van der Waals surface area contributed by atoms with Crippen LogP contribution in [0.4, 0.5) is 0 Å². The highest BCUT2D eigenvalue weighted by Crippen LogP contribution is 2.21. The van der Waals surface area contributed by atoms with E-state index in [9.17, 15) is 9.59 Å². The third-order valence-electron chi connectivity index (χ3n) is 3.90. The topological polar surface area (TPSA) is 80.4 Å². The van der Waals surface area contributed by atoms with Crippen molar-refractivity contribution in [2.45, 2.75) is 32.1 Å². The number of rotatable bonds is 9. The van der Waals surface area contributed by atoms with Gasteiger partial charge in [-0.1, -0.05) is 12.8 Å². The predicted molar refractivity (Wildman–Crippen MR) is 92.3 cm³/mol. The summed E-state index contributed by atoms with van der Waals surface area (Å²) >= 11 is 0. The first kappa shape index (κ1) is 17.8. The van der Waals surface area contributed by atoms with E-state index in [1.54, 1.807) is 7.11 Å². The van der Waals surface area contributed by atoms with E-state index in [1.807, 2.05) is 24.3 Å². The summed E-state index contributed by atoms with van der Waals surface area (Å²) in [6.45, 7) is 0.621. The molecule has 24 heavy (non-hydrogen) atoms. The van der Waals surface area contributed by atoms with Crippen molar-refractivity contribution in [3.63, 3.8) is 0 Å². The maximum Gasteiger partial charge on any atom is 0.305 e. The van der Waals surface area contributed by atoms with Crippen LogP contribution in [0.3, 0.4) is 0 Å². The molecule has 6 heteroatoms. The molecule has 1 aromatic carbocycles. The molecule has 0 atom stereocenters. The number of hydrogen-bond acceptors (Lipinski definition) is 4. The number of nitrogens with one attached hydrogen (secondary N) is 2. The van der Waals surface area contributed by atoms with E-state index in [2.05, 4.69) is 15.0 Å². The minimum absolute atomic E-state index is 0.111. The van der Waals surface area contributed by atoms with Crippen molar-refractivity contribution in [2.24, 2.45) is 0 Å². The van der Waals surface area contributed by atoms with Crippen LogP contribution < -0.4 is 10.1 Å². The summed E-state index contributed by atoms with van der Waals surface area (Å²) in [6.07, 6.45) is 4.10. The fraction of sp³-hybridized carbons (Fsp3) is 0.444. The number of amides is 1. The molecular formula is C18H24N2O4. The number of ether oxygens (including phenoxy) is 2. The maximum atomic E-state index is 12.2. The Labute approximate surface area is 141 Å². The van der Waals surface area contributed by atoms with E-state index in [0.717, 1.165) is 42.3 Å². The van der Waals surface area contributed by atoms with Crippen LogP contribution in [-0.2, 0) is 9.53 Å². The van der Waals surface area contributed by atoms with E-state index in [4.69, 9.17) is 4.74 Å². The summed E-state index contributed by atoms with van der Waals surface area (Å²) in [5.74, 6) is 0.474. The van der Waals surface area contributed by atoms with Crippen molar-refractivity contribution in [1.82, 2.24) is 10.3 Å². The SMILES string of the molecule is COC(=O)CCCCCCNC(=O)c1cc2ccc(OC)cc2[nH]1. The van der Waals surface area contributed by atoms with Gasteiger partial charge in [0.15, 0.2) is 0 Å². The number of benzene rings is 1. The van der Waals surface area contributed by atoms with E-state index >= 15 is 0 Å². The fourth-order valence-corrected chi connectivity index (χ4v) is 2.50. The van der Waals surface area contributed by atoms with Crippen LogP contribution in [0.2, 0.25) is 0 Å². The second-order valence-electron chi connectivity index (χ2n) is 5.63. The number of aromatic amines is 1. The van der Waals surface area contributed by atoms with Crippen LogP contribution in [0.15, 0.2) is 24.3 Å². The van der Waals surface area contributed by atoms with Crippen LogP contribution in [0.5, 0.6) is 5.75 Å². The number of methoxy groups -OCH3 is 2. The molecule has 6 nitrogen and oxygen atoms in total. The van der Waals surface area contributed by atoms with Gasteiger partial charge in [-0.15, -0.1) is 0 Å². The number of unbranched alkanes of at least 4 members (excludes halogenated alkanes) is 3. The Kier molecular flexibility index (Phi) is 6.66. The van der Waals surface area contributed by atoms with Crippen molar-refractivity contribution < 1.29 is 19.1 Å². The minimum atomic E-state index is -0.168. The van der Waals surface area contributed by atoms with Crippen LogP contribution in [-0.4, -0.2) is 37.6 Å². The molecule has 130 valence electrons. The Morgan fingerprint density at radius 2 is 1.88 bits per heavy atom. The van der Waals surface area contributed by atoms with Crippen LogP contribution in [0.1, 0.15) is 42.6 Å². The lowest BCUT2D eigenvalue weighted by Crippen LogP contribution is -2.24. The summed E-state index contributed by atoms with van der Waals surface area (Å²) in [5, 5.41) is 3.88. The first-order chi connectivity index (χ1) is 11.6. The molecule has 0 aliphatic heterocycles. The Morgan fingerprint density at radius 3 is 2.62 bits per heavy atom. The Hall–Kier alpha value is -2.50. The van der Waals surface area contributed by atoms with Crippen molar-refractivity contribution in [3.8, 4) is 5.75 Å². The number of carbonyl (C=O) groups excluding carboxylic acids is 2. The smallest absolute Gasteiger partial charge is 0.305 e. The molecule has 0 fully saturated rings. The molecule has 0 spiro atoms. The number of carbonyl (C=O) groups is 2. The summed E-state index contributed by atoms with van der Waals surface area (Å²) in [4.78, 5) is 26.2. The normalized spacial score (nSPS) is 10.6. The number of hydrogen-bond donors (Lipinski definition) is 2. The zero-order valence-electron chi connectivity index (χ0n) is 14.2. The molecule has 0 aliphatic rings. The van der Waals surface area contributed by atoms with Gasteiger partial charge in [0.2, 0.25) is 0 Å². The summed E-state index contributed by atoms with van der Waals surface area (Å²) in [5.41, 5.74) is 1.42. The lowest BCUT2D eigenvalue weighted by molar-refractivity contribution is -0.140. The highest BCUT2D eigenvalue weighted by molar-refractivity contribution is 5.98. The summed E-state index contributed by atoms with van der Waals surface area (Å²) in [6, 6.07) is 7.49. The monoisotopic (exact) mass is 332 g/mol. The molecule has 2 aromatic rings. The molecule has 0 saturated carbocycles. The van der Waals surface area contributed by atoms with Crippen LogP contribution in [0.25, 0.3) is 10.9 Å². The van der Waals surface area contributed by atoms with Gasteiger partial charge in [0.05, 0.1) is 14.2 Å². The Bertz CT molecular complexity index is 693. The van der Waals surface area contributed by atoms with E-state index in [0.29, 0.717) is 18.7 Å². The molecule has 2 rings (SSSR count). The van der Waals surface area contributed by atoms with Gasteiger partial charge in [-0.05, 0) is 31.0 Å². The van der Waals surface area contributed by atoms with E-state index in [-0.39, 0.29) is 11.9 Å². The van der Waals surface area contributed by atoms with Gasteiger partial charge in [0.1, 0.15) is 11.4 Å². The Balaban J connectivity index is 1.72. The second-order valence-corrected chi connectivity index (χ2v) is 5.63. The van der Waals surface area contributed by atoms with Crippen molar-refractivity contribution in [2.75, 3.05) is 20.8 Å². The molecule has 0 saturated heterocycles. The molecule has 0 radical (unpaired) electrons. The van der Waals surface area contributed by atoms with Crippen molar-refractivity contribution in [1.29, 1.82) is 0 Å². The van der Waals surface area contributed by atoms with E-state index < -0.39 is 0 Å². The van der Waals surface area contributed by atoms with E-state index in [1.165, 1.54) is 7.11 Å². The Morgan fingerprint density at radius 1 is 1.08 bits per heavy atom. The zero-order valence-corrected chi connectivity index (χ0v) is 14.2. The summed E-state index contributed by atoms with van der Waals surface area (Å²) in [7, 11) is 3.01. The minimum Gasteiger partial charge on any atom is -0.497 e. The average Bonchev–Trinajstić information content (AvgIpc) is 3.03. The van der Waals surface area contributed by atoms with Crippen LogP contribution in [0, 0.1) is 0 Å². The zero-order chi connectivity index (χ0) is 17.4. The molecule has 1 amide bonds. The van der Waals surface area contributed by atoms with Gasteiger partial charge >= 0.3 is 5.97 Å². The molecule has 2 N–H and O–H groups in total. The maximum absolute atomic E-state index is 12.2. The first-order valence-corrected chi connectivity index (χ1v) is 8.16. The number of H-pyrrole nitrogens is 1. The molecule has 0 bridgehead atoms. The molecule has 1 heterocycles. The van der Waals surface area contributed by atoms with Gasteiger partial charge in [0.25, 0.3) is 5.91 Å². The van der Waals surface area contributed by atoms with Gasteiger partial charge in [-0.2, -0.15) is 0 Å². The van der Waals surface area contributed by atoms with Gasteiger partial charge in [0, 0.05) is 29.9 Å². The van der Waals surface area contributed by atoms with Gasteiger partial charge < -0.3 is 19.8 Å². The lowest BCUT2D eigenvalue weighted by Gasteiger charge is -2.04. The van der Waals surface area contributed by atoms with Gasteiger partial charge in [-0.25, -0.2) is 0 Å². The molecule has 0 aliphatic carbocycles.